The topological polar surface area (TPSA) is 50.9 Å². The van der Waals surface area contributed by atoms with E-state index in [0.29, 0.717) is 11.6 Å². The van der Waals surface area contributed by atoms with Crippen molar-refractivity contribution >= 4 is 6.08 Å². The Morgan fingerprint density at radius 3 is 3.36 bits per heavy atom. The number of allylic oxidation sites excluding steroid dienone is 1. The van der Waals surface area contributed by atoms with Crippen LogP contribution in [0.15, 0.2) is 6.08 Å². The van der Waals surface area contributed by atoms with Gasteiger partial charge in [-0.05, 0) is 23.6 Å². The molecule has 0 saturated heterocycles. The maximum absolute atomic E-state index is 9.07. The maximum atomic E-state index is 9.07. The van der Waals surface area contributed by atoms with Crippen molar-refractivity contribution in [3.63, 3.8) is 0 Å². The Hall–Kier alpha value is -1.32. The Balaban J connectivity index is 2.48. The van der Waals surface area contributed by atoms with E-state index in [4.69, 9.17) is 5.21 Å². The number of aromatic nitrogens is 3. The molecule has 11 heavy (non-hydrogen) atoms. The van der Waals surface area contributed by atoms with E-state index in [1.807, 2.05) is 12.2 Å². The van der Waals surface area contributed by atoms with Gasteiger partial charge in [0.2, 0.25) is 0 Å². The summed E-state index contributed by atoms with van der Waals surface area (Å²) in [5.41, 5.74) is 1.59. The summed E-state index contributed by atoms with van der Waals surface area (Å²) in [6, 6.07) is 0. The van der Waals surface area contributed by atoms with E-state index in [9.17, 15) is 0 Å². The van der Waals surface area contributed by atoms with E-state index in [0.717, 1.165) is 17.0 Å². The van der Waals surface area contributed by atoms with Gasteiger partial charge < -0.3 is 5.21 Å². The van der Waals surface area contributed by atoms with Gasteiger partial charge in [-0.25, -0.2) is 0 Å². The Morgan fingerprint density at radius 2 is 2.55 bits per heavy atom. The van der Waals surface area contributed by atoms with Gasteiger partial charge in [0.1, 0.15) is 5.69 Å². The van der Waals surface area contributed by atoms with Crippen molar-refractivity contribution in [3.8, 4) is 0 Å². The quantitative estimate of drug-likeness (QED) is 0.556. The molecule has 2 rings (SSSR count). The highest BCUT2D eigenvalue weighted by molar-refractivity contribution is 5.50. The van der Waals surface area contributed by atoms with E-state index >= 15 is 0 Å². The summed E-state index contributed by atoms with van der Waals surface area (Å²) >= 11 is 0. The van der Waals surface area contributed by atoms with E-state index in [2.05, 4.69) is 17.2 Å². The van der Waals surface area contributed by atoms with Crippen molar-refractivity contribution in [3.05, 3.63) is 17.5 Å². The molecule has 0 spiro atoms. The fourth-order valence-corrected chi connectivity index (χ4v) is 1.25. The minimum atomic E-state index is 0.499. The molecular formula is C7H9N3O. The van der Waals surface area contributed by atoms with Gasteiger partial charge in [0.25, 0.3) is 0 Å². The molecule has 1 N–H and O–H groups in total. The first-order chi connectivity index (χ1) is 5.27. The first kappa shape index (κ1) is 6.39. The maximum Gasteiger partial charge on any atom is 0.126 e. The molecule has 0 aliphatic heterocycles. The molecule has 0 aromatic carbocycles. The van der Waals surface area contributed by atoms with Crippen LogP contribution in [0.2, 0.25) is 0 Å². The monoisotopic (exact) mass is 151 g/mol. The SMILES string of the molecule is CC1C=Cc2c(nnn2O)C1. The lowest BCUT2D eigenvalue weighted by molar-refractivity contribution is 0.141. The van der Waals surface area contributed by atoms with Gasteiger partial charge in [-0.3, -0.25) is 0 Å². The van der Waals surface area contributed by atoms with Gasteiger partial charge in [-0.1, -0.05) is 17.8 Å². The van der Waals surface area contributed by atoms with E-state index in [1.54, 1.807) is 0 Å². The third kappa shape index (κ3) is 0.906. The molecule has 0 saturated carbocycles. The second-order valence-electron chi connectivity index (χ2n) is 2.85. The molecule has 1 heterocycles. The van der Waals surface area contributed by atoms with Crippen LogP contribution in [0.5, 0.6) is 0 Å². The molecule has 1 unspecified atom stereocenters. The Morgan fingerprint density at radius 1 is 1.73 bits per heavy atom. The molecular weight excluding hydrogens is 142 g/mol. The van der Waals surface area contributed by atoms with Gasteiger partial charge >= 0.3 is 0 Å². The van der Waals surface area contributed by atoms with Crippen LogP contribution in [-0.2, 0) is 6.42 Å². The van der Waals surface area contributed by atoms with Crippen molar-refractivity contribution in [1.29, 1.82) is 0 Å². The molecule has 1 atom stereocenters. The highest BCUT2D eigenvalue weighted by Crippen LogP contribution is 2.19. The van der Waals surface area contributed by atoms with Crippen LogP contribution in [-0.4, -0.2) is 20.4 Å². The average Bonchev–Trinajstić information content (AvgIpc) is 2.32. The first-order valence-corrected chi connectivity index (χ1v) is 3.59. The number of hydrogen-bond acceptors (Lipinski definition) is 3. The summed E-state index contributed by atoms with van der Waals surface area (Å²) in [5.74, 6) is 0.499. The standard InChI is InChI=1S/C7H9N3O/c1-5-2-3-7-6(4-5)8-9-10(7)11/h2-3,5,11H,4H2,1H3. The van der Waals surface area contributed by atoms with Gasteiger partial charge in [0.15, 0.2) is 0 Å². The lowest BCUT2D eigenvalue weighted by Crippen LogP contribution is -2.04. The Kier molecular flexibility index (Phi) is 1.21. The number of fused-ring (bicyclic) bond motifs is 1. The second-order valence-corrected chi connectivity index (χ2v) is 2.85. The predicted octanol–water partition coefficient (Wildman–Crippen LogP) is 0.721. The number of nitrogens with zero attached hydrogens (tertiary/aromatic N) is 3. The number of rotatable bonds is 0. The van der Waals surface area contributed by atoms with Crippen LogP contribution < -0.4 is 0 Å². The van der Waals surface area contributed by atoms with E-state index in [-0.39, 0.29) is 0 Å². The minimum Gasteiger partial charge on any atom is -0.410 e. The van der Waals surface area contributed by atoms with Crippen molar-refractivity contribution in [1.82, 2.24) is 15.2 Å². The third-order valence-corrected chi connectivity index (χ3v) is 1.86. The highest BCUT2D eigenvalue weighted by atomic mass is 16.5. The van der Waals surface area contributed by atoms with Crippen LogP contribution in [0.4, 0.5) is 0 Å². The summed E-state index contributed by atoms with van der Waals surface area (Å²) in [6.45, 7) is 2.11. The Bertz CT molecular complexity index is 303. The summed E-state index contributed by atoms with van der Waals surface area (Å²) < 4.78 is 0. The van der Waals surface area contributed by atoms with E-state index in [1.165, 1.54) is 0 Å². The van der Waals surface area contributed by atoms with Crippen molar-refractivity contribution in [2.24, 2.45) is 5.92 Å². The first-order valence-electron chi connectivity index (χ1n) is 3.59. The Labute approximate surface area is 64.1 Å². The average molecular weight is 151 g/mol. The molecule has 0 fully saturated rings. The minimum absolute atomic E-state index is 0.499. The molecule has 0 amide bonds. The molecule has 4 nitrogen and oxygen atoms in total. The molecule has 4 heteroatoms. The zero-order valence-corrected chi connectivity index (χ0v) is 6.23. The second kappa shape index (κ2) is 2.08. The van der Waals surface area contributed by atoms with Gasteiger partial charge in [-0.15, -0.1) is 5.10 Å². The fourth-order valence-electron chi connectivity index (χ4n) is 1.25. The van der Waals surface area contributed by atoms with Crippen LogP contribution in [0, 0.1) is 5.92 Å². The molecule has 0 radical (unpaired) electrons. The van der Waals surface area contributed by atoms with Crippen molar-refractivity contribution in [2.45, 2.75) is 13.3 Å². The molecule has 0 bridgehead atoms. The summed E-state index contributed by atoms with van der Waals surface area (Å²) in [7, 11) is 0. The zero-order chi connectivity index (χ0) is 7.84. The smallest absolute Gasteiger partial charge is 0.126 e. The van der Waals surface area contributed by atoms with E-state index < -0.39 is 0 Å². The largest absolute Gasteiger partial charge is 0.410 e. The summed E-state index contributed by atoms with van der Waals surface area (Å²) in [4.78, 5) is 0.817. The molecule has 58 valence electrons. The van der Waals surface area contributed by atoms with Gasteiger partial charge in [-0.2, -0.15) is 0 Å². The van der Waals surface area contributed by atoms with Gasteiger partial charge in [0, 0.05) is 0 Å². The fraction of sp³-hybridized carbons (Fsp3) is 0.429. The zero-order valence-electron chi connectivity index (χ0n) is 6.23. The molecule has 1 aliphatic rings. The molecule has 1 aromatic rings. The lowest BCUT2D eigenvalue weighted by Gasteiger charge is -2.08. The van der Waals surface area contributed by atoms with Crippen LogP contribution in [0.1, 0.15) is 18.3 Å². The normalized spacial score (nSPS) is 21.7. The highest BCUT2D eigenvalue weighted by Gasteiger charge is 2.15. The molecule has 1 aromatic heterocycles. The van der Waals surface area contributed by atoms with Crippen molar-refractivity contribution in [2.75, 3.05) is 0 Å². The predicted molar refractivity (Wildman–Crippen MR) is 39.1 cm³/mol. The van der Waals surface area contributed by atoms with Crippen molar-refractivity contribution < 1.29 is 5.21 Å². The summed E-state index contributed by atoms with van der Waals surface area (Å²) in [6.07, 6.45) is 4.76. The summed E-state index contributed by atoms with van der Waals surface area (Å²) in [5, 5.41) is 16.4. The number of hydrogen-bond donors (Lipinski definition) is 1. The van der Waals surface area contributed by atoms with Crippen LogP contribution in [0.25, 0.3) is 6.08 Å². The molecule has 1 aliphatic carbocycles. The van der Waals surface area contributed by atoms with Crippen LogP contribution in [0.3, 0.4) is 0 Å². The van der Waals surface area contributed by atoms with Gasteiger partial charge in [0.05, 0.1) is 5.69 Å². The lowest BCUT2D eigenvalue weighted by atomic mass is 9.99. The third-order valence-electron chi connectivity index (χ3n) is 1.86. The van der Waals surface area contributed by atoms with Crippen LogP contribution >= 0.6 is 0 Å².